The Morgan fingerprint density at radius 2 is 1.81 bits per heavy atom. The largest absolute Gasteiger partial charge is 0.463 e. The Kier molecular flexibility index (Phi) is 7.67. The third kappa shape index (κ3) is 6.88. The molecule has 1 saturated heterocycles. The molecule has 0 radical (unpaired) electrons. The van der Waals surface area contributed by atoms with Crippen LogP contribution in [0.2, 0.25) is 0 Å². The van der Waals surface area contributed by atoms with Crippen LogP contribution in [0.1, 0.15) is 32.8 Å². The number of esters is 3. The second-order valence-corrected chi connectivity index (χ2v) is 7.61. The second-order valence-electron chi connectivity index (χ2n) is 6.30. The van der Waals surface area contributed by atoms with Gasteiger partial charge in [-0.2, -0.15) is 0 Å². The van der Waals surface area contributed by atoms with Gasteiger partial charge in [-0.05, 0) is 19.1 Å². The second kappa shape index (κ2) is 9.75. The van der Waals surface area contributed by atoms with Crippen LogP contribution in [0.3, 0.4) is 0 Å². The van der Waals surface area contributed by atoms with E-state index in [0.717, 1.165) is 10.5 Å². The van der Waals surface area contributed by atoms with E-state index in [0.29, 0.717) is 6.42 Å². The van der Waals surface area contributed by atoms with Crippen LogP contribution in [0.15, 0.2) is 29.2 Å². The van der Waals surface area contributed by atoms with Crippen LogP contribution in [-0.4, -0.2) is 48.3 Å². The standard InChI is InChI=1S/C19H24O7S/c1-11-6-5-7-15(8-11)27-17-9-18(24-13(3)21)26-16(10-23-12(2)20)19(17)25-14(4)22/h5-8,16-19H,9-10H2,1-4H3/t16-,17-,18+,19-/m1/s1. The highest BCUT2D eigenvalue weighted by Gasteiger charge is 2.43. The van der Waals surface area contributed by atoms with Crippen LogP contribution < -0.4 is 0 Å². The van der Waals surface area contributed by atoms with Crippen molar-refractivity contribution in [2.75, 3.05) is 6.61 Å². The van der Waals surface area contributed by atoms with Crippen molar-refractivity contribution in [3.8, 4) is 0 Å². The van der Waals surface area contributed by atoms with Gasteiger partial charge in [0.25, 0.3) is 0 Å². The fourth-order valence-electron chi connectivity index (χ4n) is 2.81. The van der Waals surface area contributed by atoms with E-state index in [-0.39, 0.29) is 11.9 Å². The lowest BCUT2D eigenvalue weighted by Crippen LogP contribution is -2.52. The molecular weight excluding hydrogens is 372 g/mol. The van der Waals surface area contributed by atoms with Gasteiger partial charge in [-0.25, -0.2) is 0 Å². The van der Waals surface area contributed by atoms with Crippen molar-refractivity contribution in [3.05, 3.63) is 29.8 Å². The van der Waals surface area contributed by atoms with Crippen molar-refractivity contribution in [1.29, 1.82) is 0 Å². The first-order valence-corrected chi connectivity index (χ1v) is 9.49. The Morgan fingerprint density at radius 3 is 2.41 bits per heavy atom. The number of carbonyl (C=O) groups is 3. The Morgan fingerprint density at radius 1 is 1.11 bits per heavy atom. The summed E-state index contributed by atoms with van der Waals surface area (Å²) in [6, 6.07) is 7.91. The van der Waals surface area contributed by atoms with Gasteiger partial charge in [0.1, 0.15) is 18.8 Å². The highest BCUT2D eigenvalue weighted by Crippen LogP contribution is 2.37. The summed E-state index contributed by atoms with van der Waals surface area (Å²) in [5.74, 6) is -1.41. The van der Waals surface area contributed by atoms with Crippen molar-refractivity contribution >= 4 is 29.7 Å². The molecule has 0 amide bonds. The molecule has 1 aromatic rings. The quantitative estimate of drug-likeness (QED) is 0.536. The molecule has 0 aliphatic carbocycles. The first-order valence-electron chi connectivity index (χ1n) is 8.61. The van der Waals surface area contributed by atoms with Crippen molar-refractivity contribution in [2.45, 2.75) is 62.8 Å². The molecule has 1 fully saturated rings. The van der Waals surface area contributed by atoms with E-state index < -0.39 is 36.4 Å². The fourth-order valence-corrected chi connectivity index (χ4v) is 4.19. The summed E-state index contributed by atoms with van der Waals surface area (Å²) in [5, 5.41) is -0.241. The zero-order valence-corrected chi connectivity index (χ0v) is 16.6. The van der Waals surface area contributed by atoms with Crippen molar-refractivity contribution in [1.82, 2.24) is 0 Å². The topological polar surface area (TPSA) is 88.1 Å². The lowest BCUT2D eigenvalue weighted by molar-refractivity contribution is -0.232. The summed E-state index contributed by atoms with van der Waals surface area (Å²) in [6.45, 7) is 5.78. The molecule has 27 heavy (non-hydrogen) atoms. The number of hydrogen-bond acceptors (Lipinski definition) is 8. The molecule has 4 atom stereocenters. The van der Waals surface area contributed by atoms with E-state index in [1.54, 1.807) is 0 Å². The molecule has 1 aliphatic rings. The third-order valence-corrected chi connectivity index (χ3v) is 5.10. The highest BCUT2D eigenvalue weighted by molar-refractivity contribution is 8.00. The molecule has 0 bridgehead atoms. The molecule has 0 N–H and O–H groups in total. The normalized spacial score (nSPS) is 24.7. The lowest BCUT2D eigenvalue weighted by atomic mass is 10.0. The van der Waals surface area contributed by atoms with Gasteiger partial charge in [0.2, 0.25) is 6.29 Å². The molecule has 148 valence electrons. The predicted molar refractivity (Wildman–Crippen MR) is 98.1 cm³/mol. The van der Waals surface area contributed by atoms with Crippen molar-refractivity contribution in [3.63, 3.8) is 0 Å². The zero-order valence-electron chi connectivity index (χ0n) is 15.8. The van der Waals surface area contributed by atoms with Crippen LogP contribution in [0.5, 0.6) is 0 Å². The van der Waals surface area contributed by atoms with Crippen LogP contribution in [0, 0.1) is 6.92 Å². The monoisotopic (exact) mass is 396 g/mol. The van der Waals surface area contributed by atoms with Gasteiger partial charge in [-0.15, -0.1) is 11.8 Å². The van der Waals surface area contributed by atoms with Crippen LogP contribution in [0.25, 0.3) is 0 Å². The Hall–Kier alpha value is -2.06. The van der Waals surface area contributed by atoms with Crippen LogP contribution in [0.4, 0.5) is 0 Å². The summed E-state index contributed by atoms with van der Waals surface area (Å²) in [6.07, 6.45) is -1.86. The number of aryl methyl sites for hydroxylation is 1. The van der Waals surface area contributed by atoms with Crippen molar-refractivity contribution in [2.24, 2.45) is 0 Å². The van der Waals surface area contributed by atoms with E-state index >= 15 is 0 Å². The first-order chi connectivity index (χ1) is 12.7. The Balaban J connectivity index is 2.25. The van der Waals surface area contributed by atoms with Gasteiger partial charge >= 0.3 is 17.9 Å². The van der Waals surface area contributed by atoms with Crippen LogP contribution >= 0.6 is 11.8 Å². The average molecular weight is 396 g/mol. The van der Waals surface area contributed by atoms with Gasteiger partial charge in [0.15, 0.2) is 0 Å². The summed E-state index contributed by atoms with van der Waals surface area (Å²) in [4.78, 5) is 35.2. The summed E-state index contributed by atoms with van der Waals surface area (Å²) in [5.41, 5.74) is 1.10. The van der Waals surface area contributed by atoms with Crippen LogP contribution in [-0.2, 0) is 33.3 Å². The zero-order chi connectivity index (χ0) is 20.0. The van der Waals surface area contributed by atoms with Gasteiger partial charge in [0, 0.05) is 32.1 Å². The smallest absolute Gasteiger partial charge is 0.304 e. The molecule has 0 spiro atoms. The molecule has 2 rings (SSSR count). The molecule has 1 heterocycles. The SMILES string of the molecule is CC(=O)OC[C@H]1O[C@H](OC(C)=O)C[C@@H](Sc2cccc(C)c2)[C@@H]1OC(C)=O. The lowest BCUT2D eigenvalue weighted by Gasteiger charge is -2.39. The minimum Gasteiger partial charge on any atom is -0.463 e. The van der Waals surface area contributed by atoms with E-state index in [1.165, 1.54) is 32.5 Å². The third-order valence-electron chi connectivity index (χ3n) is 3.81. The Labute approximate surface area is 162 Å². The molecule has 0 unspecified atom stereocenters. The van der Waals surface area contributed by atoms with E-state index in [4.69, 9.17) is 18.9 Å². The highest BCUT2D eigenvalue weighted by atomic mass is 32.2. The van der Waals surface area contributed by atoms with Gasteiger partial charge in [-0.3, -0.25) is 14.4 Å². The summed E-state index contributed by atoms with van der Waals surface area (Å²) < 4.78 is 21.5. The molecule has 1 aromatic carbocycles. The fraction of sp³-hybridized carbons (Fsp3) is 0.526. The summed E-state index contributed by atoms with van der Waals surface area (Å²) in [7, 11) is 0. The van der Waals surface area contributed by atoms with Crippen molar-refractivity contribution < 1.29 is 33.3 Å². The maximum Gasteiger partial charge on any atom is 0.304 e. The maximum atomic E-state index is 11.6. The predicted octanol–water partition coefficient (Wildman–Crippen LogP) is 2.63. The van der Waals surface area contributed by atoms with E-state index in [9.17, 15) is 14.4 Å². The number of carbonyl (C=O) groups excluding carboxylic acids is 3. The molecule has 1 aliphatic heterocycles. The number of hydrogen-bond donors (Lipinski definition) is 0. The van der Waals surface area contributed by atoms with Gasteiger partial charge in [-0.1, -0.05) is 17.7 Å². The van der Waals surface area contributed by atoms with Gasteiger partial charge in [0.05, 0.1) is 5.25 Å². The molecule has 8 heteroatoms. The minimum absolute atomic E-state index is 0.101. The number of benzene rings is 1. The molecule has 0 saturated carbocycles. The maximum absolute atomic E-state index is 11.6. The number of rotatable bonds is 6. The molecule has 7 nitrogen and oxygen atoms in total. The molecular formula is C19H24O7S. The minimum atomic E-state index is -0.808. The molecule has 0 aromatic heterocycles. The number of thioether (sulfide) groups is 1. The summed E-state index contributed by atoms with van der Waals surface area (Å²) >= 11 is 1.51. The Bertz CT molecular complexity index is 690. The number of ether oxygens (including phenoxy) is 4. The van der Waals surface area contributed by atoms with E-state index in [1.807, 2.05) is 31.2 Å². The average Bonchev–Trinajstić information content (AvgIpc) is 2.54. The first kappa shape index (κ1) is 21.2. The van der Waals surface area contributed by atoms with Gasteiger partial charge < -0.3 is 18.9 Å². The van der Waals surface area contributed by atoms with E-state index in [2.05, 4.69) is 0 Å².